The maximum absolute atomic E-state index is 4.88. The molecule has 0 saturated heterocycles. The Kier molecular flexibility index (Phi) is 4.52. The van der Waals surface area contributed by atoms with Crippen LogP contribution in [-0.4, -0.2) is 9.38 Å². The Morgan fingerprint density at radius 1 is 1.09 bits per heavy atom. The maximum atomic E-state index is 4.88. The van der Waals surface area contributed by atoms with Crippen LogP contribution in [0, 0.1) is 13.0 Å². The summed E-state index contributed by atoms with van der Waals surface area (Å²) in [7, 11) is 0. The van der Waals surface area contributed by atoms with Crippen molar-refractivity contribution in [2.75, 3.05) is 0 Å². The number of benzene rings is 2. The number of hydrogen-bond acceptors (Lipinski definition) is 1. The summed E-state index contributed by atoms with van der Waals surface area (Å²) in [5.41, 5.74) is 4.77. The number of fused-ring (bicyclic) bond motifs is 6. The molecule has 23 heavy (non-hydrogen) atoms. The van der Waals surface area contributed by atoms with Crippen LogP contribution in [0.1, 0.15) is 31.2 Å². The van der Waals surface area contributed by atoms with E-state index in [4.69, 9.17) is 4.98 Å². The van der Waals surface area contributed by atoms with Gasteiger partial charge < -0.3 is 4.40 Å². The van der Waals surface area contributed by atoms with Crippen LogP contribution >= 0.6 is 0 Å². The van der Waals surface area contributed by atoms with Crippen LogP contribution in [0.25, 0.3) is 27.3 Å². The Labute approximate surface area is 149 Å². The predicted octanol–water partition coefficient (Wildman–Crippen LogP) is 5.09. The smallest absolute Gasteiger partial charge is 0.0614 e. The van der Waals surface area contributed by atoms with E-state index in [1.807, 2.05) is 6.07 Å². The Balaban J connectivity index is 0.00000156. The van der Waals surface area contributed by atoms with Crippen molar-refractivity contribution in [2.45, 2.75) is 33.1 Å². The van der Waals surface area contributed by atoms with E-state index in [0.29, 0.717) is 0 Å². The van der Waals surface area contributed by atoms with Gasteiger partial charge in [0.05, 0.1) is 5.65 Å². The molecule has 0 fully saturated rings. The minimum absolute atomic E-state index is 0. The molecule has 0 saturated carbocycles. The summed E-state index contributed by atoms with van der Waals surface area (Å²) in [5.74, 6) is 0. The first-order valence-electron chi connectivity index (χ1n) is 8.00. The summed E-state index contributed by atoms with van der Waals surface area (Å²) in [6.45, 7) is 4.36. The van der Waals surface area contributed by atoms with Gasteiger partial charge in [-0.3, -0.25) is 4.98 Å². The number of aromatic nitrogens is 2. The van der Waals surface area contributed by atoms with Gasteiger partial charge in [0.25, 0.3) is 0 Å². The number of aryl methyl sites for hydroxylation is 2. The molecule has 0 aliphatic rings. The van der Waals surface area contributed by atoms with Crippen LogP contribution < -0.4 is 0 Å². The maximum Gasteiger partial charge on any atom is 0.0614 e. The van der Waals surface area contributed by atoms with E-state index in [1.54, 1.807) is 0 Å². The first-order chi connectivity index (χ1) is 10.8. The molecule has 0 unspecified atom stereocenters. The predicted molar refractivity (Wildman–Crippen MR) is 92.4 cm³/mol. The standard InChI is InChI=1S/C20H19N2.Ir/c1-3-4-12-18-14(2)21-20-17-11-6-5-9-15(17)16-10-7-8-13-19(16)22(18)20;/h5-10,13H,3-4,12H2,1-2H3;/q-1;. The van der Waals surface area contributed by atoms with Gasteiger partial charge >= 0.3 is 0 Å². The van der Waals surface area contributed by atoms with Crippen LogP contribution in [-0.2, 0) is 26.5 Å². The van der Waals surface area contributed by atoms with E-state index in [-0.39, 0.29) is 20.1 Å². The zero-order valence-electron chi connectivity index (χ0n) is 13.4. The molecule has 0 bridgehead atoms. The molecule has 0 amide bonds. The first-order valence-corrected chi connectivity index (χ1v) is 8.00. The number of unbranched alkanes of at least 4 members (excludes halogenated alkanes) is 1. The minimum Gasteiger partial charge on any atom is -0.337 e. The topological polar surface area (TPSA) is 17.3 Å². The van der Waals surface area contributed by atoms with E-state index in [2.05, 4.69) is 60.7 Å². The second-order valence-corrected chi connectivity index (χ2v) is 5.88. The number of imidazole rings is 1. The van der Waals surface area contributed by atoms with Crippen molar-refractivity contribution in [3.05, 3.63) is 59.9 Å². The molecule has 4 aromatic rings. The Morgan fingerprint density at radius 2 is 1.87 bits per heavy atom. The molecule has 3 heteroatoms. The molecule has 0 atom stereocenters. The zero-order valence-corrected chi connectivity index (χ0v) is 15.8. The van der Waals surface area contributed by atoms with Crippen molar-refractivity contribution >= 4 is 27.3 Å². The summed E-state index contributed by atoms with van der Waals surface area (Å²) in [4.78, 5) is 4.88. The monoisotopic (exact) mass is 480 g/mol. The first kappa shape index (κ1) is 16.2. The van der Waals surface area contributed by atoms with Gasteiger partial charge in [-0.25, -0.2) is 0 Å². The van der Waals surface area contributed by atoms with E-state index in [0.717, 1.165) is 23.1 Å². The molecule has 2 aromatic carbocycles. The van der Waals surface area contributed by atoms with E-state index in [9.17, 15) is 0 Å². The molecule has 2 heterocycles. The minimum atomic E-state index is 0. The van der Waals surface area contributed by atoms with Gasteiger partial charge in [0, 0.05) is 37.0 Å². The van der Waals surface area contributed by atoms with Crippen molar-refractivity contribution in [3.8, 4) is 0 Å². The van der Waals surface area contributed by atoms with Crippen LogP contribution in [0.5, 0.6) is 0 Å². The summed E-state index contributed by atoms with van der Waals surface area (Å²) in [6.07, 6.45) is 3.47. The SMILES string of the molecule is CCCCc1c(C)nc2c3[c-]cccc3c3ccccc3n12.[Ir]. The number of hydrogen-bond donors (Lipinski definition) is 0. The Hall–Kier alpha value is -1.70. The molecular formula is C20H19IrN2-. The average Bonchev–Trinajstić information content (AvgIpc) is 2.90. The number of nitrogens with zero attached hydrogens (tertiary/aromatic N) is 2. The fourth-order valence-electron chi connectivity index (χ4n) is 3.37. The quantitative estimate of drug-likeness (QED) is 0.296. The third kappa shape index (κ3) is 2.49. The molecule has 4 rings (SSSR count). The molecule has 0 aliphatic heterocycles. The summed E-state index contributed by atoms with van der Waals surface area (Å²) >= 11 is 0. The zero-order chi connectivity index (χ0) is 15.1. The second kappa shape index (κ2) is 6.43. The van der Waals surface area contributed by atoms with E-state index in [1.165, 1.54) is 34.8 Å². The second-order valence-electron chi connectivity index (χ2n) is 5.88. The fraction of sp³-hybridized carbons (Fsp3) is 0.250. The number of rotatable bonds is 3. The summed E-state index contributed by atoms with van der Waals surface area (Å²) in [5, 5.41) is 3.63. The van der Waals surface area contributed by atoms with Crippen LogP contribution in [0.4, 0.5) is 0 Å². The van der Waals surface area contributed by atoms with Gasteiger partial charge in [-0.1, -0.05) is 36.9 Å². The average molecular weight is 480 g/mol. The summed E-state index contributed by atoms with van der Waals surface area (Å²) in [6, 6.07) is 18.2. The van der Waals surface area contributed by atoms with Crippen molar-refractivity contribution in [3.63, 3.8) is 0 Å². The molecule has 2 nitrogen and oxygen atoms in total. The molecule has 1 radical (unpaired) electrons. The van der Waals surface area contributed by atoms with Gasteiger partial charge in [-0.2, -0.15) is 0 Å². The molecule has 0 N–H and O–H groups in total. The van der Waals surface area contributed by atoms with Crippen molar-refractivity contribution < 1.29 is 20.1 Å². The van der Waals surface area contributed by atoms with Crippen LogP contribution in [0.2, 0.25) is 0 Å². The van der Waals surface area contributed by atoms with Gasteiger partial charge in [-0.15, -0.1) is 29.7 Å². The molecule has 0 spiro atoms. The third-order valence-corrected chi connectivity index (χ3v) is 4.45. The Bertz CT molecular complexity index is 985. The van der Waals surface area contributed by atoms with Gasteiger partial charge in [0.2, 0.25) is 0 Å². The largest absolute Gasteiger partial charge is 0.337 e. The normalized spacial score (nSPS) is 11.2. The number of para-hydroxylation sites is 1. The Morgan fingerprint density at radius 3 is 2.70 bits per heavy atom. The summed E-state index contributed by atoms with van der Waals surface area (Å²) < 4.78 is 2.35. The third-order valence-electron chi connectivity index (χ3n) is 4.45. The van der Waals surface area contributed by atoms with Gasteiger partial charge in [-0.05, 0) is 31.2 Å². The van der Waals surface area contributed by atoms with Crippen molar-refractivity contribution in [1.82, 2.24) is 9.38 Å². The molecule has 119 valence electrons. The number of pyridine rings is 1. The van der Waals surface area contributed by atoms with Crippen LogP contribution in [0.3, 0.4) is 0 Å². The van der Waals surface area contributed by atoms with Crippen molar-refractivity contribution in [2.24, 2.45) is 0 Å². The van der Waals surface area contributed by atoms with Gasteiger partial charge in [0.1, 0.15) is 0 Å². The fourth-order valence-corrected chi connectivity index (χ4v) is 3.37. The molecule has 2 aromatic heterocycles. The van der Waals surface area contributed by atoms with E-state index < -0.39 is 0 Å². The van der Waals surface area contributed by atoms with Crippen molar-refractivity contribution in [1.29, 1.82) is 0 Å². The van der Waals surface area contributed by atoms with Gasteiger partial charge in [0.15, 0.2) is 0 Å². The molecule has 0 aliphatic carbocycles. The van der Waals surface area contributed by atoms with Crippen LogP contribution in [0.15, 0.2) is 42.5 Å². The molecular weight excluding hydrogens is 460 g/mol. The van der Waals surface area contributed by atoms with E-state index >= 15 is 0 Å².